The molecule has 9 heteroatoms. The Kier molecular flexibility index (Phi) is 6.69. The van der Waals surface area contributed by atoms with Crippen molar-refractivity contribution < 1.29 is 18.3 Å². The van der Waals surface area contributed by atoms with Gasteiger partial charge in [-0.2, -0.15) is 8.78 Å². The van der Waals surface area contributed by atoms with Gasteiger partial charge in [-0.25, -0.2) is 4.98 Å². The lowest BCUT2D eigenvalue weighted by Crippen LogP contribution is -2.31. The predicted molar refractivity (Wildman–Crippen MR) is 93.5 cm³/mol. The summed E-state index contributed by atoms with van der Waals surface area (Å²) in [4.78, 5) is 16.5. The Balaban J connectivity index is 0.00000225. The van der Waals surface area contributed by atoms with Crippen LogP contribution in [0.25, 0.3) is 0 Å². The first-order chi connectivity index (χ1) is 11.6. The molecule has 5 nitrogen and oxygen atoms in total. The molecule has 0 aliphatic heterocycles. The van der Waals surface area contributed by atoms with Gasteiger partial charge in [0.25, 0.3) is 5.91 Å². The summed E-state index contributed by atoms with van der Waals surface area (Å²) in [6, 6.07) is 4.70. The number of hydrogen-bond donors (Lipinski definition) is 2. The van der Waals surface area contributed by atoms with Gasteiger partial charge in [0, 0.05) is 11.9 Å². The van der Waals surface area contributed by atoms with E-state index in [2.05, 4.69) is 15.0 Å². The number of benzene rings is 1. The molecule has 0 bridgehead atoms. The van der Waals surface area contributed by atoms with Crippen LogP contribution in [0.1, 0.15) is 45.5 Å². The van der Waals surface area contributed by atoms with Crippen molar-refractivity contribution in [3.8, 4) is 5.75 Å². The third-order valence-corrected chi connectivity index (χ3v) is 4.79. The van der Waals surface area contributed by atoms with E-state index in [9.17, 15) is 13.6 Å². The lowest BCUT2D eigenvalue weighted by molar-refractivity contribution is -0.0499. The van der Waals surface area contributed by atoms with Crippen molar-refractivity contribution in [2.45, 2.75) is 38.5 Å². The number of nitrogens with one attached hydrogen (secondary N) is 1. The second-order valence-corrected chi connectivity index (χ2v) is 6.43. The minimum absolute atomic E-state index is 0. The Morgan fingerprint density at radius 2 is 2.28 bits per heavy atom. The Hall–Kier alpha value is -1.77. The lowest BCUT2D eigenvalue weighted by Gasteiger charge is -2.26. The molecule has 3 rings (SSSR count). The van der Waals surface area contributed by atoms with Crippen LogP contribution in [0.5, 0.6) is 5.75 Å². The summed E-state index contributed by atoms with van der Waals surface area (Å²) in [6.07, 6.45) is 2.43. The summed E-state index contributed by atoms with van der Waals surface area (Å²) in [6.45, 7) is -2.54. The Morgan fingerprint density at radius 1 is 1.48 bits per heavy atom. The molecule has 0 saturated carbocycles. The minimum Gasteiger partial charge on any atom is -0.435 e. The molecule has 136 valence electrons. The fourth-order valence-corrected chi connectivity index (χ4v) is 3.51. The van der Waals surface area contributed by atoms with Gasteiger partial charge in [0.05, 0.1) is 6.04 Å². The molecule has 2 aromatic rings. The number of aryl methyl sites for hydroxylation is 1. The first-order valence-electron chi connectivity index (χ1n) is 7.60. The number of thiazole rings is 1. The highest BCUT2D eigenvalue weighted by atomic mass is 35.5. The maximum atomic E-state index is 12.3. The maximum absolute atomic E-state index is 12.3. The van der Waals surface area contributed by atoms with Gasteiger partial charge in [0.15, 0.2) is 0 Å². The molecule has 0 radical (unpaired) electrons. The molecular formula is C16H18ClF2N3O2S. The van der Waals surface area contributed by atoms with Gasteiger partial charge in [0.2, 0.25) is 0 Å². The number of rotatable bonds is 5. The van der Waals surface area contributed by atoms with Gasteiger partial charge in [-0.15, -0.1) is 23.7 Å². The fourth-order valence-electron chi connectivity index (χ4n) is 2.86. The smallest absolute Gasteiger partial charge is 0.387 e. The Bertz CT molecular complexity index is 742. The number of aromatic nitrogens is 1. The van der Waals surface area contributed by atoms with Gasteiger partial charge >= 0.3 is 6.61 Å². The molecule has 1 heterocycles. The van der Waals surface area contributed by atoms with Crippen molar-refractivity contribution in [1.82, 2.24) is 10.3 Å². The van der Waals surface area contributed by atoms with Crippen LogP contribution >= 0.6 is 23.7 Å². The van der Waals surface area contributed by atoms with E-state index >= 15 is 0 Å². The summed E-state index contributed by atoms with van der Waals surface area (Å²) in [7, 11) is 0. The van der Waals surface area contributed by atoms with E-state index in [1.165, 1.54) is 17.4 Å². The molecule has 25 heavy (non-hydrogen) atoms. The van der Waals surface area contributed by atoms with Crippen molar-refractivity contribution in [3.63, 3.8) is 0 Å². The monoisotopic (exact) mass is 389 g/mol. The summed E-state index contributed by atoms with van der Waals surface area (Å²) >= 11 is 1.35. The molecule has 0 spiro atoms. The Morgan fingerprint density at radius 3 is 2.96 bits per heavy atom. The van der Waals surface area contributed by atoms with Crippen LogP contribution in [0.4, 0.5) is 8.78 Å². The molecule has 3 N–H and O–H groups in total. The van der Waals surface area contributed by atoms with Gasteiger partial charge in [-0.3, -0.25) is 4.79 Å². The van der Waals surface area contributed by atoms with E-state index < -0.39 is 6.61 Å². The SMILES string of the molecule is Cl.NCc1nc(C(=O)NC2CCCc3cc(OC(F)F)ccc32)cs1. The van der Waals surface area contributed by atoms with E-state index in [0.29, 0.717) is 17.2 Å². The molecule has 1 aromatic heterocycles. The molecule has 1 unspecified atom stereocenters. The number of hydrogen-bond acceptors (Lipinski definition) is 5. The minimum atomic E-state index is -2.84. The van der Waals surface area contributed by atoms with Crippen molar-refractivity contribution in [3.05, 3.63) is 45.4 Å². The molecule has 1 amide bonds. The zero-order chi connectivity index (χ0) is 17.1. The highest BCUT2D eigenvalue weighted by molar-refractivity contribution is 7.09. The topological polar surface area (TPSA) is 77.2 Å². The van der Waals surface area contributed by atoms with Crippen LogP contribution in [-0.4, -0.2) is 17.5 Å². The Labute approximate surface area is 154 Å². The number of carbonyl (C=O) groups is 1. The van der Waals surface area contributed by atoms with Crippen molar-refractivity contribution >= 4 is 29.7 Å². The average molecular weight is 390 g/mol. The van der Waals surface area contributed by atoms with E-state index in [-0.39, 0.29) is 30.1 Å². The number of fused-ring (bicyclic) bond motifs is 1. The molecule has 1 aromatic carbocycles. The number of alkyl halides is 2. The second kappa shape index (κ2) is 8.55. The van der Waals surface area contributed by atoms with Crippen molar-refractivity contribution in [2.24, 2.45) is 5.73 Å². The van der Waals surface area contributed by atoms with Crippen molar-refractivity contribution in [2.75, 3.05) is 0 Å². The summed E-state index contributed by atoms with van der Waals surface area (Å²) < 4.78 is 29.1. The molecule has 0 fully saturated rings. The maximum Gasteiger partial charge on any atom is 0.387 e. The zero-order valence-corrected chi connectivity index (χ0v) is 14.8. The first kappa shape index (κ1) is 19.6. The van der Waals surface area contributed by atoms with Crippen LogP contribution in [0, 0.1) is 0 Å². The molecule has 1 atom stereocenters. The number of nitrogens with two attached hydrogens (primary N) is 1. The van der Waals surface area contributed by atoms with Crippen LogP contribution in [0.15, 0.2) is 23.6 Å². The second-order valence-electron chi connectivity index (χ2n) is 5.49. The van der Waals surface area contributed by atoms with Crippen LogP contribution in [0.3, 0.4) is 0 Å². The van der Waals surface area contributed by atoms with Gasteiger partial charge in [0.1, 0.15) is 16.5 Å². The third kappa shape index (κ3) is 4.65. The molecule has 1 aliphatic rings. The number of amides is 1. The van der Waals surface area contributed by atoms with Gasteiger partial charge in [-0.05, 0) is 42.5 Å². The molecule has 0 saturated heterocycles. The van der Waals surface area contributed by atoms with Crippen LogP contribution < -0.4 is 15.8 Å². The van der Waals surface area contributed by atoms with Gasteiger partial charge < -0.3 is 15.8 Å². The first-order valence-corrected chi connectivity index (χ1v) is 8.47. The average Bonchev–Trinajstić information content (AvgIpc) is 3.03. The normalized spacial score (nSPS) is 16.1. The molecular weight excluding hydrogens is 372 g/mol. The third-order valence-electron chi connectivity index (χ3n) is 3.92. The van der Waals surface area contributed by atoms with Crippen molar-refractivity contribution in [1.29, 1.82) is 0 Å². The summed E-state index contributed by atoms with van der Waals surface area (Å²) in [5, 5.41) is 5.35. The highest BCUT2D eigenvalue weighted by Crippen LogP contribution is 2.32. The highest BCUT2D eigenvalue weighted by Gasteiger charge is 2.24. The van der Waals surface area contributed by atoms with E-state index in [1.54, 1.807) is 17.5 Å². The van der Waals surface area contributed by atoms with E-state index in [0.717, 1.165) is 30.4 Å². The quantitative estimate of drug-likeness (QED) is 0.821. The van der Waals surface area contributed by atoms with Crippen LogP contribution in [0.2, 0.25) is 0 Å². The number of carbonyl (C=O) groups excluding carboxylic acids is 1. The standard InChI is InChI=1S/C16H17F2N3O2S.ClH/c17-16(18)23-10-4-5-11-9(6-10)2-1-3-12(11)21-15(22)13-8-24-14(7-19)20-13;/h4-6,8,12,16H,1-3,7,19H2,(H,21,22);1H. The molecule has 1 aliphatic carbocycles. The number of halogens is 3. The van der Waals surface area contributed by atoms with Gasteiger partial charge in [-0.1, -0.05) is 6.07 Å². The number of ether oxygens (including phenoxy) is 1. The largest absolute Gasteiger partial charge is 0.435 e. The summed E-state index contributed by atoms with van der Waals surface area (Å²) in [5.41, 5.74) is 7.72. The lowest BCUT2D eigenvalue weighted by atomic mass is 9.87. The van der Waals surface area contributed by atoms with Crippen LogP contribution in [-0.2, 0) is 13.0 Å². The summed E-state index contributed by atoms with van der Waals surface area (Å²) in [5.74, 6) is -0.112. The zero-order valence-electron chi connectivity index (χ0n) is 13.2. The fraction of sp³-hybridized carbons (Fsp3) is 0.375. The predicted octanol–water partition coefficient (Wildman–Crippen LogP) is 3.43. The number of nitrogens with zero attached hydrogens (tertiary/aromatic N) is 1. The van der Waals surface area contributed by atoms with E-state index in [1.807, 2.05) is 0 Å². The van der Waals surface area contributed by atoms with E-state index in [4.69, 9.17) is 5.73 Å².